The van der Waals surface area contributed by atoms with Crippen LogP contribution in [0.4, 0.5) is 0 Å². The molecule has 2 saturated heterocycles. The minimum atomic E-state index is -1.95. The Kier molecular flexibility index (Phi) is 11.3. The zero-order valence-electron chi connectivity index (χ0n) is 26.9. The molecule has 248 valence electrons. The maximum atomic E-state index is 13.5. The molecular formula is C33H49ClO10. The summed E-state index contributed by atoms with van der Waals surface area (Å²) in [6, 6.07) is 0. The Labute approximate surface area is 266 Å². The Morgan fingerprint density at radius 1 is 1.14 bits per heavy atom. The first kappa shape index (κ1) is 35.3. The highest BCUT2D eigenvalue weighted by Gasteiger charge is 2.57. The van der Waals surface area contributed by atoms with Crippen LogP contribution >= 0.6 is 11.6 Å². The van der Waals surface area contributed by atoms with E-state index in [2.05, 4.69) is 11.8 Å². The molecule has 0 amide bonds. The van der Waals surface area contributed by atoms with Crippen molar-refractivity contribution in [1.29, 1.82) is 0 Å². The minimum Gasteiger partial charge on any atom is -0.457 e. The third-order valence-corrected chi connectivity index (χ3v) is 10.2. The Balaban J connectivity index is 1.65. The number of ether oxygens (including phenoxy) is 6. The van der Waals surface area contributed by atoms with E-state index in [0.717, 1.165) is 12.0 Å². The van der Waals surface area contributed by atoms with Gasteiger partial charge >= 0.3 is 5.97 Å². The van der Waals surface area contributed by atoms with Gasteiger partial charge in [0.1, 0.15) is 29.8 Å². The number of hydrogen-bond acceptors (Lipinski definition) is 10. The minimum absolute atomic E-state index is 0.0808. The molecule has 11 heteroatoms. The Hall–Kier alpha value is -1.52. The van der Waals surface area contributed by atoms with Crippen molar-refractivity contribution in [2.75, 3.05) is 14.2 Å². The number of cyclic esters (lactones) is 1. The third-order valence-electron chi connectivity index (χ3n) is 9.67. The van der Waals surface area contributed by atoms with Gasteiger partial charge in [-0.15, -0.1) is 11.6 Å². The van der Waals surface area contributed by atoms with Gasteiger partial charge in [0.05, 0.1) is 24.4 Å². The maximum absolute atomic E-state index is 13.5. The molecule has 0 unspecified atom stereocenters. The Morgan fingerprint density at radius 3 is 2.43 bits per heavy atom. The van der Waals surface area contributed by atoms with Crippen molar-refractivity contribution < 1.29 is 48.5 Å². The molecular weight excluding hydrogens is 592 g/mol. The number of hydrogen-bond donors (Lipinski definition) is 3. The standard InChI is InChI=1S/C33H49ClO10/c1-17-13-23(12-10-9-11-22-15-24(22)34)42-30(36)20(4)33(38)16-26(19(3)27(44-33)18(2)25(14-17)39-7)43-31-29(40-8)32(6,37)28(35)21(5)41-31/h10,12,14,18-29,31,35,37-38H,13,15-16H2,1-8H3/b12-10+,17-14+/t18-,19-,20-,21+,22+,23+,24+,25-,26+,27+,28+,29+,31+,32-,33+/m1/s1. The molecule has 2 bridgehead atoms. The van der Waals surface area contributed by atoms with Crippen molar-refractivity contribution in [3.05, 3.63) is 23.8 Å². The predicted molar refractivity (Wildman–Crippen MR) is 162 cm³/mol. The molecule has 15 atom stereocenters. The lowest BCUT2D eigenvalue weighted by Crippen LogP contribution is -2.67. The second-order valence-corrected chi connectivity index (χ2v) is 13.7. The summed E-state index contributed by atoms with van der Waals surface area (Å²) < 4.78 is 36.2. The third kappa shape index (κ3) is 7.54. The van der Waals surface area contributed by atoms with E-state index in [1.54, 1.807) is 33.1 Å². The van der Waals surface area contributed by atoms with Gasteiger partial charge in [0.25, 0.3) is 0 Å². The molecule has 0 spiro atoms. The van der Waals surface area contributed by atoms with Crippen molar-refractivity contribution in [1.82, 2.24) is 0 Å². The number of aliphatic hydroxyl groups excluding tert-OH is 1. The van der Waals surface area contributed by atoms with E-state index < -0.39 is 66.2 Å². The summed E-state index contributed by atoms with van der Waals surface area (Å²) in [4.78, 5) is 13.5. The van der Waals surface area contributed by atoms with Crippen LogP contribution in [0.3, 0.4) is 0 Å². The topological polar surface area (TPSA) is 133 Å². The molecule has 4 rings (SSSR count). The molecule has 44 heavy (non-hydrogen) atoms. The highest BCUT2D eigenvalue weighted by molar-refractivity contribution is 6.22. The summed E-state index contributed by atoms with van der Waals surface area (Å²) in [5, 5.41) is 33.8. The van der Waals surface area contributed by atoms with Crippen LogP contribution in [0, 0.1) is 35.5 Å². The average Bonchev–Trinajstić information content (AvgIpc) is 3.67. The molecule has 0 radical (unpaired) electrons. The predicted octanol–water partition coefficient (Wildman–Crippen LogP) is 3.09. The van der Waals surface area contributed by atoms with Crippen molar-refractivity contribution in [2.24, 2.45) is 23.7 Å². The number of fused-ring (bicyclic) bond motifs is 2. The zero-order chi connectivity index (χ0) is 32.6. The van der Waals surface area contributed by atoms with E-state index in [4.69, 9.17) is 40.0 Å². The van der Waals surface area contributed by atoms with Crippen LogP contribution in [-0.2, 0) is 33.2 Å². The van der Waals surface area contributed by atoms with Gasteiger partial charge in [-0.1, -0.05) is 37.3 Å². The average molecular weight is 641 g/mol. The molecule has 1 aliphatic carbocycles. The molecule has 3 N–H and O–H groups in total. The van der Waals surface area contributed by atoms with E-state index in [9.17, 15) is 20.1 Å². The van der Waals surface area contributed by atoms with E-state index in [1.807, 2.05) is 26.8 Å². The lowest BCUT2D eigenvalue weighted by Gasteiger charge is -2.52. The molecule has 1 saturated carbocycles. The fourth-order valence-corrected chi connectivity index (χ4v) is 6.77. The van der Waals surface area contributed by atoms with E-state index in [1.165, 1.54) is 14.0 Å². The van der Waals surface area contributed by atoms with Crippen LogP contribution in [0.1, 0.15) is 60.8 Å². The number of esters is 1. The van der Waals surface area contributed by atoms with Crippen LogP contribution in [0.15, 0.2) is 23.8 Å². The smallest absolute Gasteiger partial charge is 0.314 e. The first-order chi connectivity index (χ1) is 20.6. The summed E-state index contributed by atoms with van der Waals surface area (Å²) in [5.41, 5.74) is -0.710. The van der Waals surface area contributed by atoms with Crippen LogP contribution < -0.4 is 0 Å². The number of aliphatic hydroxyl groups is 3. The zero-order valence-corrected chi connectivity index (χ0v) is 27.7. The fraction of sp³-hybridized carbons (Fsp3) is 0.788. The van der Waals surface area contributed by atoms with Crippen molar-refractivity contribution in [2.45, 2.75) is 127 Å². The molecule has 0 aromatic heterocycles. The van der Waals surface area contributed by atoms with Gasteiger partial charge in [-0.3, -0.25) is 4.79 Å². The van der Waals surface area contributed by atoms with Crippen molar-refractivity contribution >= 4 is 17.6 Å². The quantitative estimate of drug-likeness (QED) is 0.178. The first-order valence-electron chi connectivity index (χ1n) is 15.5. The van der Waals surface area contributed by atoms with Crippen LogP contribution in [0.5, 0.6) is 0 Å². The van der Waals surface area contributed by atoms with Gasteiger partial charge in [0.2, 0.25) is 0 Å². The maximum Gasteiger partial charge on any atom is 0.314 e. The Morgan fingerprint density at radius 2 is 1.82 bits per heavy atom. The summed E-state index contributed by atoms with van der Waals surface area (Å²) in [7, 11) is 3.03. The van der Waals surface area contributed by atoms with Crippen LogP contribution in [0.25, 0.3) is 0 Å². The summed E-state index contributed by atoms with van der Waals surface area (Å²) in [6.45, 7) is 10.6. The van der Waals surface area contributed by atoms with Crippen molar-refractivity contribution in [3.63, 3.8) is 0 Å². The number of halogens is 1. The lowest BCUT2D eigenvalue weighted by atomic mass is 9.77. The van der Waals surface area contributed by atoms with Gasteiger partial charge < -0.3 is 43.7 Å². The largest absolute Gasteiger partial charge is 0.457 e. The SMILES string of the molecule is CO[C@@H]1/C=C(\C)C[C@H](/C=C/C#C[C@H]2C[C@@H]2Cl)OC(=O)[C@@H](C)[C@]2(O)C[C@H](O[C@@H]3O[C@@H](C)[C@H](O)[C@@](C)(O)[C@H]3OC)[C@@H](C)[C@@H](O2)[C@@H]1C. The van der Waals surface area contributed by atoms with Gasteiger partial charge in [-0.25, -0.2) is 0 Å². The number of carbonyl (C=O) groups excluding carboxylic acids is 1. The van der Waals surface area contributed by atoms with Gasteiger partial charge in [0.15, 0.2) is 12.1 Å². The van der Waals surface area contributed by atoms with Gasteiger partial charge in [-0.05, 0) is 46.3 Å². The number of rotatable bonds is 5. The fourth-order valence-electron chi connectivity index (χ4n) is 6.51. The molecule has 3 aliphatic heterocycles. The number of allylic oxidation sites excluding steroid dienone is 1. The number of carbonyl (C=O) groups is 1. The first-order valence-corrected chi connectivity index (χ1v) is 15.9. The summed E-state index contributed by atoms with van der Waals surface area (Å²) in [6.07, 6.45) is 0.271. The highest BCUT2D eigenvalue weighted by atomic mass is 35.5. The summed E-state index contributed by atoms with van der Waals surface area (Å²) in [5.74, 6) is 2.05. The molecule has 3 fully saturated rings. The van der Waals surface area contributed by atoms with Crippen LogP contribution in [0.2, 0.25) is 0 Å². The van der Waals surface area contributed by atoms with Gasteiger partial charge in [0, 0.05) is 50.2 Å². The lowest BCUT2D eigenvalue weighted by molar-refractivity contribution is -0.367. The monoisotopic (exact) mass is 640 g/mol. The van der Waals surface area contributed by atoms with E-state index in [0.29, 0.717) is 6.42 Å². The molecule has 4 aliphatic rings. The van der Waals surface area contributed by atoms with Crippen LogP contribution in [-0.4, -0.2) is 101 Å². The molecule has 3 heterocycles. The van der Waals surface area contributed by atoms with Gasteiger partial charge in [-0.2, -0.15) is 0 Å². The Bertz CT molecular complexity index is 1150. The normalized spacial score (nSPS) is 49.5. The van der Waals surface area contributed by atoms with E-state index in [-0.39, 0.29) is 35.7 Å². The number of methoxy groups -OCH3 is 2. The van der Waals surface area contributed by atoms with Crippen molar-refractivity contribution in [3.8, 4) is 11.8 Å². The molecule has 10 nitrogen and oxygen atoms in total. The summed E-state index contributed by atoms with van der Waals surface area (Å²) >= 11 is 6.05. The number of alkyl halides is 1. The second kappa shape index (κ2) is 14.1. The second-order valence-electron chi connectivity index (χ2n) is 13.2. The van der Waals surface area contributed by atoms with E-state index >= 15 is 0 Å². The molecule has 0 aromatic carbocycles. The highest BCUT2D eigenvalue weighted by Crippen LogP contribution is 2.44. The molecule has 0 aromatic rings.